The number of fused-ring (bicyclic) bond motifs is 1. The van der Waals surface area contributed by atoms with Crippen LogP contribution in [0.1, 0.15) is 11.1 Å². The van der Waals surface area contributed by atoms with Gasteiger partial charge in [0.1, 0.15) is 11.3 Å². The summed E-state index contributed by atoms with van der Waals surface area (Å²) in [6, 6.07) is 14.6. The highest BCUT2D eigenvalue weighted by Gasteiger charge is 2.12. The Balaban J connectivity index is 1.51. The van der Waals surface area contributed by atoms with Crippen LogP contribution in [0.25, 0.3) is 16.6 Å². The SMILES string of the molecule is Cc1cc(NC(=O)Nc2ccc(-c3cccn4nnc(N)c34)cc2)c(F)cc1C#N. The lowest BCUT2D eigenvalue weighted by Crippen LogP contribution is -2.20. The van der Waals surface area contributed by atoms with E-state index in [1.165, 1.54) is 6.07 Å². The largest absolute Gasteiger partial charge is 0.380 e. The van der Waals surface area contributed by atoms with E-state index in [0.717, 1.165) is 17.2 Å². The zero-order valence-corrected chi connectivity index (χ0v) is 15.8. The number of urea groups is 1. The molecule has 0 unspecified atom stereocenters. The van der Waals surface area contributed by atoms with E-state index in [1.54, 1.807) is 29.8 Å². The summed E-state index contributed by atoms with van der Waals surface area (Å²) in [5.74, 6) is -0.352. The molecule has 2 aromatic carbocycles. The summed E-state index contributed by atoms with van der Waals surface area (Å²) in [6.45, 7) is 1.67. The first-order chi connectivity index (χ1) is 14.5. The van der Waals surface area contributed by atoms with Crippen LogP contribution in [0.4, 0.5) is 26.4 Å². The fraction of sp³-hybridized carbons (Fsp3) is 0.0476. The van der Waals surface area contributed by atoms with E-state index in [9.17, 15) is 9.18 Å². The van der Waals surface area contributed by atoms with Crippen molar-refractivity contribution < 1.29 is 9.18 Å². The summed E-state index contributed by atoms with van der Waals surface area (Å²) in [5.41, 5.74) is 9.65. The average Bonchev–Trinajstić information content (AvgIpc) is 3.12. The van der Waals surface area contributed by atoms with Gasteiger partial charge in [-0.15, -0.1) is 5.10 Å². The van der Waals surface area contributed by atoms with Crippen LogP contribution in [0.2, 0.25) is 0 Å². The van der Waals surface area contributed by atoms with E-state index in [1.807, 2.05) is 30.3 Å². The molecule has 30 heavy (non-hydrogen) atoms. The van der Waals surface area contributed by atoms with Crippen LogP contribution >= 0.6 is 0 Å². The maximum absolute atomic E-state index is 14.1. The van der Waals surface area contributed by atoms with Gasteiger partial charge in [-0.2, -0.15) is 5.26 Å². The van der Waals surface area contributed by atoms with Crippen LogP contribution < -0.4 is 16.4 Å². The molecule has 0 bridgehead atoms. The van der Waals surface area contributed by atoms with E-state index < -0.39 is 11.8 Å². The highest BCUT2D eigenvalue weighted by atomic mass is 19.1. The van der Waals surface area contributed by atoms with Gasteiger partial charge in [-0.1, -0.05) is 23.4 Å². The molecule has 0 saturated heterocycles. The van der Waals surface area contributed by atoms with Gasteiger partial charge in [0.2, 0.25) is 0 Å². The number of carbonyl (C=O) groups is 1. The van der Waals surface area contributed by atoms with Gasteiger partial charge in [-0.05, 0) is 48.4 Å². The Kier molecular flexibility index (Phi) is 4.74. The smallest absolute Gasteiger partial charge is 0.323 e. The van der Waals surface area contributed by atoms with Crippen LogP contribution in [-0.4, -0.2) is 20.9 Å². The highest BCUT2D eigenvalue weighted by Crippen LogP contribution is 2.28. The lowest BCUT2D eigenvalue weighted by atomic mass is 10.1. The number of hydrogen-bond acceptors (Lipinski definition) is 5. The van der Waals surface area contributed by atoms with Crippen molar-refractivity contribution in [2.45, 2.75) is 6.92 Å². The van der Waals surface area contributed by atoms with E-state index in [4.69, 9.17) is 11.0 Å². The molecule has 4 aromatic rings. The van der Waals surface area contributed by atoms with Gasteiger partial charge in [0, 0.05) is 17.4 Å². The number of nitrogens with two attached hydrogens (primary N) is 1. The lowest BCUT2D eigenvalue weighted by molar-refractivity contribution is 0.262. The maximum Gasteiger partial charge on any atom is 0.323 e. The van der Waals surface area contributed by atoms with Crippen molar-refractivity contribution in [3.8, 4) is 17.2 Å². The summed E-state index contributed by atoms with van der Waals surface area (Å²) < 4.78 is 15.7. The second kappa shape index (κ2) is 7.52. The van der Waals surface area contributed by atoms with Gasteiger partial charge >= 0.3 is 6.03 Å². The minimum atomic E-state index is -0.678. The molecule has 8 nitrogen and oxygen atoms in total. The van der Waals surface area contributed by atoms with Crippen LogP contribution in [-0.2, 0) is 0 Å². The number of rotatable bonds is 3. The normalized spacial score (nSPS) is 10.6. The number of amides is 2. The van der Waals surface area contributed by atoms with Crippen LogP contribution in [0, 0.1) is 24.1 Å². The molecule has 4 N–H and O–H groups in total. The molecule has 0 spiro atoms. The summed E-state index contributed by atoms with van der Waals surface area (Å²) in [6.07, 6.45) is 1.76. The highest BCUT2D eigenvalue weighted by molar-refractivity contribution is 6.00. The summed E-state index contributed by atoms with van der Waals surface area (Å²) in [5, 5.41) is 21.9. The predicted octanol–water partition coefficient (Wildman–Crippen LogP) is 3.94. The molecule has 0 radical (unpaired) electrons. The van der Waals surface area contributed by atoms with Crippen molar-refractivity contribution >= 4 is 28.7 Å². The number of nitrogens with one attached hydrogen (secondary N) is 2. The van der Waals surface area contributed by atoms with Crippen molar-refractivity contribution in [1.82, 2.24) is 14.8 Å². The predicted molar refractivity (Wildman–Crippen MR) is 111 cm³/mol. The van der Waals surface area contributed by atoms with Gasteiger partial charge in [0.15, 0.2) is 5.82 Å². The number of pyridine rings is 1. The van der Waals surface area contributed by atoms with Gasteiger partial charge in [0.05, 0.1) is 17.3 Å². The second-order valence-corrected chi connectivity index (χ2v) is 6.60. The third-order valence-corrected chi connectivity index (χ3v) is 4.60. The van der Waals surface area contributed by atoms with E-state index >= 15 is 0 Å². The third-order valence-electron chi connectivity index (χ3n) is 4.60. The first-order valence-electron chi connectivity index (χ1n) is 8.94. The first kappa shape index (κ1) is 18.9. The number of benzene rings is 2. The van der Waals surface area contributed by atoms with Crippen LogP contribution in [0.3, 0.4) is 0 Å². The van der Waals surface area contributed by atoms with Gasteiger partial charge < -0.3 is 16.4 Å². The van der Waals surface area contributed by atoms with Crippen molar-refractivity contribution in [3.05, 3.63) is 71.7 Å². The molecular formula is C21H16FN7O. The second-order valence-electron chi connectivity index (χ2n) is 6.60. The molecule has 0 aliphatic rings. The Morgan fingerprint density at radius 1 is 1.20 bits per heavy atom. The fourth-order valence-corrected chi connectivity index (χ4v) is 3.12. The van der Waals surface area contributed by atoms with Crippen molar-refractivity contribution in [2.75, 3.05) is 16.4 Å². The van der Waals surface area contributed by atoms with Crippen molar-refractivity contribution in [1.29, 1.82) is 5.26 Å². The van der Waals surface area contributed by atoms with Crippen LogP contribution in [0.15, 0.2) is 54.7 Å². The number of aromatic nitrogens is 3. The fourth-order valence-electron chi connectivity index (χ4n) is 3.12. The van der Waals surface area contributed by atoms with Gasteiger partial charge in [-0.3, -0.25) is 0 Å². The lowest BCUT2D eigenvalue weighted by Gasteiger charge is -2.11. The third kappa shape index (κ3) is 3.49. The Hall–Kier alpha value is -4.45. The summed E-state index contributed by atoms with van der Waals surface area (Å²) in [7, 11) is 0. The molecule has 0 atom stereocenters. The van der Waals surface area contributed by atoms with E-state index in [0.29, 0.717) is 22.6 Å². The Morgan fingerprint density at radius 2 is 1.97 bits per heavy atom. The van der Waals surface area contributed by atoms with Crippen LogP contribution in [0.5, 0.6) is 0 Å². The van der Waals surface area contributed by atoms with E-state index in [2.05, 4.69) is 20.9 Å². The number of nitriles is 1. The molecule has 2 heterocycles. The quantitative estimate of drug-likeness (QED) is 0.480. The minimum Gasteiger partial charge on any atom is -0.380 e. The molecule has 0 saturated carbocycles. The van der Waals surface area contributed by atoms with E-state index in [-0.39, 0.29) is 11.3 Å². The van der Waals surface area contributed by atoms with Gasteiger partial charge in [0.25, 0.3) is 0 Å². The summed E-state index contributed by atoms with van der Waals surface area (Å²) in [4.78, 5) is 12.2. The topological polar surface area (TPSA) is 121 Å². The molecule has 2 amide bonds. The zero-order chi connectivity index (χ0) is 21.3. The number of anilines is 3. The first-order valence-corrected chi connectivity index (χ1v) is 8.94. The monoisotopic (exact) mass is 401 g/mol. The molecular weight excluding hydrogens is 385 g/mol. The minimum absolute atomic E-state index is 0.00370. The molecule has 2 aromatic heterocycles. The summed E-state index contributed by atoms with van der Waals surface area (Å²) >= 11 is 0. The molecule has 0 aliphatic heterocycles. The Morgan fingerprint density at radius 3 is 2.70 bits per heavy atom. The zero-order valence-electron chi connectivity index (χ0n) is 15.8. The van der Waals surface area contributed by atoms with Crippen molar-refractivity contribution in [2.24, 2.45) is 0 Å². The number of carbonyl (C=O) groups excluding carboxylic acids is 1. The number of aryl methyl sites for hydroxylation is 1. The molecule has 0 aliphatic carbocycles. The Labute approximate surface area is 170 Å². The van der Waals surface area contributed by atoms with Crippen molar-refractivity contribution in [3.63, 3.8) is 0 Å². The number of nitrogen functional groups attached to an aromatic ring is 1. The molecule has 4 rings (SSSR count). The standard InChI is InChI=1S/C21H16FN7O/c1-12-9-18(17(22)10-14(12)11-23)26-21(30)25-15-6-4-13(5-7-15)16-3-2-8-29-19(16)20(24)27-28-29/h2-10H,24H2,1H3,(H2,25,26,30). The Bertz CT molecular complexity index is 1310. The number of halogens is 1. The van der Waals surface area contributed by atoms with Gasteiger partial charge in [-0.25, -0.2) is 13.7 Å². The average molecular weight is 401 g/mol. The number of hydrogen-bond donors (Lipinski definition) is 3. The molecule has 9 heteroatoms. The molecule has 148 valence electrons. The molecule has 0 fully saturated rings. The number of nitrogens with zero attached hydrogens (tertiary/aromatic N) is 4. The maximum atomic E-state index is 14.1.